The van der Waals surface area contributed by atoms with Crippen LogP contribution in [-0.4, -0.2) is 9.97 Å². The molecule has 0 spiro atoms. The Morgan fingerprint density at radius 2 is 1.60 bits per heavy atom. The van der Waals surface area contributed by atoms with Crippen LogP contribution in [0.3, 0.4) is 0 Å². The normalized spacial score (nSPS) is 11.2. The van der Waals surface area contributed by atoms with Gasteiger partial charge < -0.3 is 11.1 Å². The highest BCUT2D eigenvalue weighted by molar-refractivity contribution is 9.11. The zero-order valence-corrected chi connectivity index (χ0v) is 18.4. The van der Waals surface area contributed by atoms with Gasteiger partial charge in [-0.15, -0.1) is 22.7 Å². The van der Waals surface area contributed by atoms with Gasteiger partial charge in [-0.25, -0.2) is 9.97 Å². The second-order valence-corrected chi connectivity index (χ2v) is 10.8. The monoisotopic (exact) mass is 508 g/mol. The van der Waals surface area contributed by atoms with Crippen LogP contribution in [0.15, 0.2) is 26.7 Å². The molecule has 0 amide bonds. The number of thiazole rings is 2. The van der Waals surface area contributed by atoms with Crippen molar-refractivity contribution >= 4 is 99.7 Å². The van der Waals surface area contributed by atoms with Gasteiger partial charge in [0.15, 0.2) is 10.3 Å². The third-order valence-electron chi connectivity index (χ3n) is 3.05. The Morgan fingerprint density at radius 1 is 0.960 bits per heavy atom. The lowest BCUT2D eigenvalue weighted by Crippen LogP contribution is -1.89. The molecule has 3 N–H and O–H groups in total. The molecule has 0 bridgehead atoms. The second-order valence-electron chi connectivity index (χ2n) is 4.75. The minimum atomic E-state index is 0.489. The predicted molar refractivity (Wildman–Crippen MR) is 116 cm³/mol. The van der Waals surface area contributed by atoms with Crippen LogP contribution < -0.4 is 11.1 Å². The van der Waals surface area contributed by atoms with Gasteiger partial charge in [0.1, 0.15) is 20.2 Å². The van der Waals surface area contributed by atoms with Gasteiger partial charge in [-0.3, -0.25) is 0 Å². The van der Waals surface area contributed by atoms with Crippen LogP contribution in [0, 0.1) is 0 Å². The summed E-state index contributed by atoms with van der Waals surface area (Å²) in [6.45, 7) is 0. The highest BCUT2D eigenvalue weighted by Gasteiger charge is 2.18. The number of aromatic nitrogens is 2. The molecular weight excluding hydrogens is 503 g/mol. The quantitative estimate of drug-likeness (QED) is 0.299. The number of thiophene rings is 2. The van der Waals surface area contributed by atoms with E-state index in [1.807, 2.05) is 22.9 Å². The lowest BCUT2D eigenvalue weighted by atomic mass is 10.3. The molecule has 4 nitrogen and oxygen atoms in total. The Morgan fingerprint density at radius 3 is 2.20 bits per heavy atom. The largest absolute Gasteiger partial charge is 0.375 e. The number of nitrogen functional groups attached to an aromatic ring is 1. The summed E-state index contributed by atoms with van der Waals surface area (Å²) in [5.41, 5.74) is 7.55. The number of hydrogen-bond acceptors (Lipinski definition) is 8. The molecule has 4 rings (SSSR count). The third kappa shape index (κ3) is 3.73. The van der Waals surface area contributed by atoms with Crippen molar-refractivity contribution in [1.29, 1.82) is 0 Å². The molecule has 0 unspecified atom stereocenters. The number of hydrogen-bond donors (Lipinski definition) is 2. The van der Waals surface area contributed by atoms with Crippen molar-refractivity contribution in [1.82, 2.24) is 9.97 Å². The summed E-state index contributed by atoms with van der Waals surface area (Å²) in [7, 11) is 0. The third-order valence-corrected chi connectivity index (χ3v) is 8.04. The lowest BCUT2D eigenvalue weighted by Gasteiger charge is -2.00. The van der Waals surface area contributed by atoms with E-state index in [1.165, 1.54) is 34.0 Å². The number of nitrogens with two attached hydrogens (primary N) is 1. The SMILES string of the molecule is Nc1nc(-c2cc(Cl)cs2)c(Nc2nc(-c3cc(Cl)cs3)c(Br)s2)s1. The molecule has 25 heavy (non-hydrogen) atoms. The van der Waals surface area contributed by atoms with Crippen LogP contribution in [-0.2, 0) is 0 Å². The highest BCUT2D eigenvalue weighted by Crippen LogP contribution is 2.43. The van der Waals surface area contributed by atoms with Gasteiger partial charge >= 0.3 is 0 Å². The van der Waals surface area contributed by atoms with Crippen LogP contribution in [0.25, 0.3) is 21.1 Å². The number of rotatable bonds is 4. The molecule has 0 aliphatic rings. The van der Waals surface area contributed by atoms with Crippen LogP contribution in [0.1, 0.15) is 0 Å². The Balaban J connectivity index is 1.67. The maximum absolute atomic E-state index is 6.03. The number of nitrogens with one attached hydrogen (secondary N) is 1. The maximum atomic E-state index is 6.03. The average Bonchev–Trinajstić information content (AvgIpc) is 3.29. The van der Waals surface area contributed by atoms with Crippen molar-refractivity contribution in [2.75, 3.05) is 11.1 Å². The van der Waals surface area contributed by atoms with E-state index in [1.54, 1.807) is 11.3 Å². The fourth-order valence-corrected chi connectivity index (χ4v) is 6.75. The van der Waals surface area contributed by atoms with Crippen LogP contribution in [0.2, 0.25) is 10.0 Å². The molecule has 0 fully saturated rings. The van der Waals surface area contributed by atoms with Crippen molar-refractivity contribution in [2.45, 2.75) is 0 Å². The Labute approximate surface area is 177 Å². The molecule has 0 radical (unpaired) electrons. The Kier molecular flexibility index (Phi) is 5.07. The Bertz CT molecular complexity index is 1050. The Hall–Kier alpha value is -0.680. The fourth-order valence-electron chi connectivity index (χ4n) is 2.07. The van der Waals surface area contributed by atoms with Crippen molar-refractivity contribution in [3.63, 3.8) is 0 Å². The van der Waals surface area contributed by atoms with Crippen LogP contribution in [0.5, 0.6) is 0 Å². The van der Waals surface area contributed by atoms with Gasteiger partial charge in [-0.2, -0.15) is 0 Å². The highest BCUT2D eigenvalue weighted by atomic mass is 79.9. The molecule has 11 heteroatoms. The van der Waals surface area contributed by atoms with Gasteiger partial charge in [-0.05, 0) is 28.1 Å². The van der Waals surface area contributed by atoms with Crippen molar-refractivity contribution in [3.05, 3.63) is 36.7 Å². The van der Waals surface area contributed by atoms with Gasteiger partial charge in [0.25, 0.3) is 0 Å². The minimum Gasteiger partial charge on any atom is -0.375 e. The number of nitrogens with zero attached hydrogens (tertiary/aromatic N) is 2. The smallest absolute Gasteiger partial charge is 0.189 e. The van der Waals surface area contributed by atoms with Crippen LogP contribution in [0.4, 0.5) is 15.3 Å². The average molecular weight is 510 g/mol. The summed E-state index contributed by atoms with van der Waals surface area (Å²) in [4.78, 5) is 11.1. The summed E-state index contributed by atoms with van der Waals surface area (Å²) in [6.07, 6.45) is 0. The first kappa shape index (κ1) is 17.7. The second kappa shape index (κ2) is 7.15. The van der Waals surface area contributed by atoms with Gasteiger partial charge in [0, 0.05) is 10.8 Å². The zero-order chi connectivity index (χ0) is 17.6. The molecule has 4 aromatic heterocycles. The van der Waals surface area contributed by atoms with E-state index in [-0.39, 0.29) is 0 Å². The molecule has 0 aromatic carbocycles. The van der Waals surface area contributed by atoms with Gasteiger partial charge in [0.05, 0.1) is 19.8 Å². The molecule has 0 saturated carbocycles. The molecule has 0 aliphatic carbocycles. The maximum Gasteiger partial charge on any atom is 0.189 e. The standard InChI is InChI=1S/C14H7BrCl2N4S4/c15-11-9(7-1-5(16)3-22-7)20-14(24-11)21-12-10(19-13(18)25-12)8-2-6(17)4-23-8/h1-4H,(H2,18,19)(H,20,21). The summed E-state index contributed by atoms with van der Waals surface area (Å²) >= 11 is 21.6. The van der Waals surface area contributed by atoms with Crippen molar-refractivity contribution < 1.29 is 0 Å². The molecule has 128 valence electrons. The zero-order valence-electron chi connectivity index (χ0n) is 12.0. The number of anilines is 3. The van der Waals surface area contributed by atoms with Gasteiger partial charge in [0.2, 0.25) is 0 Å². The van der Waals surface area contributed by atoms with E-state index in [0.717, 1.165) is 35.1 Å². The first-order valence-electron chi connectivity index (χ1n) is 6.68. The van der Waals surface area contributed by atoms with Crippen molar-refractivity contribution in [3.8, 4) is 21.1 Å². The van der Waals surface area contributed by atoms with E-state index in [4.69, 9.17) is 28.9 Å². The summed E-state index contributed by atoms with van der Waals surface area (Å²) in [5.74, 6) is 0. The summed E-state index contributed by atoms with van der Waals surface area (Å²) in [6, 6.07) is 3.78. The van der Waals surface area contributed by atoms with E-state index in [2.05, 4.69) is 31.2 Å². The topological polar surface area (TPSA) is 63.8 Å². The molecule has 0 saturated heterocycles. The van der Waals surface area contributed by atoms with Crippen LogP contribution >= 0.6 is 84.5 Å². The van der Waals surface area contributed by atoms with E-state index < -0.39 is 0 Å². The lowest BCUT2D eigenvalue weighted by molar-refractivity contribution is 1.39. The number of halogens is 3. The summed E-state index contributed by atoms with van der Waals surface area (Å²) < 4.78 is 0.937. The fraction of sp³-hybridized carbons (Fsp3) is 0. The molecule has 0 aliphatic heterocycles. The van der Waals surface area contributed by atoms with E-state index in [9.17, 15) is 0 Å². The molecule has 0 atom stereocenters. The first-order chi connectivity index (χ1) is 12.0. The van der Waals surface area contributed by atoms with E-state index >= 15 is 0 Å². The molecule has 4 aromatic rings. The minimum absolute atomic E-state index is 0.489. The summed E-state index contributed by atoms with van der Waals surface area (Å²) in [5, 5.41) is 10.6. The van der Waals surface area contributed by atoms with Crippen molar-refractivity contribution in [2.24, 2.45) is 0 Å². The first-order valence-corrected chi connectivity index (χ1v) is 11.6. The van der Waals surface area contributed by atoms with E-state index in [0.29, 0.717) is 15.2 Å². The van der Waals surface area contributed by atoms with Gasteiger partial charge in [-0.1, -0.05) is 45.9 Å². The molecular formula is C14H7BrCl2N4S4. The predicted octanol–water partition coefficient (Wildman–Crippen LogP) is 7.45. The molecule has 4 heterocycles.